The van der Waals surface area contributed by atoms with Crippen molar-refractivity contribution in [3.05, 3.63) is 23.7 Å². The van der Waals surface area contributed by atoms with E-state index < -0.39 is 0 Å². The van der Waals surface area contributed by atoms with Crippen LogP contribution in [0.4, 0.5) is 0 Å². The molecule has 2 heterocycles. The molecule has 1 fully saturated rings. The van der Waals surface area contributed by atoms with E-state index in [-0.39, 0.29) is 0 Å². The first-order valence-corrected chi connectivity index (χ1v) is 8.38. The van der Waals surface area contributed by atoms with E-state index in [9.17, 15) is 0 Å². The first-order chi connectivity index (χ1) is 9.22. The lowest BCUT2D eigenvalue weighted by molar-refractivity contribution is 0.203. The smallest absolute Gasteiger partial charge is 0.122 e. The van der Waals surface area contributed by atoms with Gasteiger partial charge in [0.05, 0.1) is 12.8 Å². The third kappa shape index (κ3) is 4.01. The van der Waals surface area contributed by atoms with Gasteiger partial charge in [0.15, 0.2) is 0 Å². The van der Waals surface area contributed by atoms with Crippen molar-refractivity contribution in [3.8, 4) is 0 Å². The van der Waals surface area contributed by atoms with Crippen molar-refractivity contribution in [1.82, 2.24) is 10.2 Å². The van der Waals surface area contributed by atoms with Gasteiger partial charge in [-0.1, -0.05) is 13.8 Å². The van der Waals surface area contributed by atoms with Gasteiger partial charge in [-0.2, -0.15) is 11.8 Å². The van der Waals surface area contributed by atoms with Gasteiger partial charge in [-0.3, -0.25) is 4.90 Å². The zero-order valence-corrected chi connectivity index (χ0v) is 13.1. The largest absolute Gasteiger partial charge is 0.468 e. The molecule has 0 aromatic carbocycles. The Balaban J connectivity index is 1.93. The van der Waals surface area contributed by atoms with E-state index in [0.29, 0.717) is 6.04 Å². The Morgan fingerprint density at radius 3 is 3.11 bits per heavy atom. The molecule has 1 saturated heterocycles. The van der Waals surface area contributed by atoms with Gasteiger partial charge in [-0.25, -0.2) is 0 Å². The molecule has 0 amide bonds. The van der Waals surface area contributed by atoms with E-state index in [1.165, 1.54) is 17.9 Å². The van der Waals surface area contributed by atoms with Gasteiger partial charge in [0.25, 0.3) is 0 Å². The van der Waals surface area contributed by atoms with Gasteiger partial charge in [0.2, 0.25) is 0 Å². The normalized spacial score (nSPS) is 24.8. The molecule has 1 N–H and O–H groups in total. The van der Waals surface area contributed by atoms with E-state index >= 15 is 0 Å². The maximum atomic E-state index is 5.62. The van der Waals surface area contributed by atoms with Crippen LogP contribution in [0.5, 0.6) is 0 Å². The molecule has 1 aliphatic heterocycles. The number of thioether (sulfide) groups is 1. The summed E-state index contributed by atoms with van der Waals surface area (Å²) in [7, 11) is 0. The molecule has 4 heteroatoms. The fraction of sp³-hybridized carbons (Fsp3) is 0.733. The van der Waals surface area contributed by atoms with Gasteiger partial charge in [-0.15, -0.1) is 0 Å². The molecule has 0 aliphatic carbocycles. The lowest BCUT2D eigenvalue weighted by Gasteiger charge is -2.37. The minimum Gasteiger partial charge on any atom is -0.468 e. The van der Waals surface area contributed by atoms with Crippen molar-refractivity contribution in [2.45, 2.75) is 51.6 Å². The first kappa shape index (κ1) is 14.9. The second-order valence-corrected chi connectivity index (χ2v) is 6.82. The SMILES string of the molecule is CCCNCc1occc1CN1CCSC(C)C1C. The summed E-state index contributed by atoms with van der Waals surface area (Å²) in [6, 6.07) is 2.77. The van der Waals surface area contributed by atoms with Crippen LogP contribution in [0.3, 0.4) is 0 Å². The third-order valence-corrected chi connectivity index (χ3v) is 5.28. The summed E-state index contributed by atoms with van der Waals surface area (Å²) in [5, 5.41) is 4.14. The van der Waals surface area contributed by atoms with Crippen LogP contribution in [0.25, 0.3) is 0 Å². The highest BCUT2D eigenvalue weighted by Crippen LogP contribution is 2.26. The van der Waals surface area contributed by atoms with Crippen molar-refractivity contribution < 1.29 is 4.42 Å². The molecule has 0 saturated carbocycles. The summed E-state index contributed by atoms with van der Waals surface area (Å²) >= 11 is 2.09. The minimum absolute atomic E-state index is 0.644. The maximum Gasteiger partial charge on any atom is 0.122 e. The van der Waals surface area contributed by atoms with E-state index in [1.54, 1.807) is 0 Å². The van der Waals surface area contributed by atoms with Gasteiger partial charge in [0, 0.05) is 35.7 Å². The highest BCUT2D eigenvalue weighted by Gasteiger charge is 2.25. The highest BCUT2D eigenvalue weighted by atomic mass is 32.2. The third-order valence-electron chi connectivity index (χ3n) is 3.94. The monoisotopic (exact) mass is 282 g/mol. The second kappa shape index (κ2) is 7.36. The molecule has 2 unspecified atom stereocenters. The fourth-order valence-corrected chi connectivity index (χ4v) is 3.64. The lowest BCUT2D eigenvalue weighted by atomic mass is 10.1. The summed E-state index contributed by atoms with van der Waals surface area (Å²) in [5.41, 5.74) is 1.34. The number of furan rings is 1. The van der Waals surface area contributed by atoms with Crippen molar-refractivity contribution in [2.75, 3.05) is 18.8 Å². The van der Waals surface area contributed by atoms with E-state index in [0.717, 1.165) is 37.1 Å². The number of nitrogens with one attached hydrogen (secondary N) is 1. The summed E-state index contributed by atoms with van der Waals surface area (Å²) in [4.78, 5) is 2.58. The van der Waals surface area contributed by atoms with Crippen LogP contribution in [0.2, 0.25) is 0 Å². The molecule has 0 bridgehead atoms. The van der Waals surface area contributed by atoms with E-state index in [2.05, 4.69) is 48.8 Å². The molecule has 2 atom stereocenters. The fourth-order valence-electron chi connectivity index (χ4n) is 2.48. The Morgan fingerprint density at radius 1 is 1.47 bits per heavy atom. The number of hydrogen-bond acceptors (Lipinski definition) is 4. The standard InChI is InChI=1S/C15H26N2OS/c1-4-6-16-10-15-14(5-8-18-15)11-17-7-9-19-13(3)12(17)2/h5,8,12-13,16H,4,6-7,9-11H2,1-3H3. The van der Waals surface area contributed by atoms with Crippen molar-refractivity contribution in [1.29, 1.82) is 0 Å². The Kier molecular flexibility index (Phi) is 5.79. The summed E-state index contributed by atoms with van der Waals surface area (Å²) in [6.45, 7) is 11.0. The number of hydrogen-bond donors (Lipinski definition) is 1. The Hall–Kier alpha value is -0.450. The Bertz CT molecular complexity index is 380. The van der Waals surface area contributed by atoms with E-state index in [1.807, 2.05) is 6.26 Å². The molecule has 108 valence electrons. The highest BCUT2D eigenvalue weighted by molar-refractivity contribution is 8.00. The van der Waals surface area contributed by atoms with Crippen molar-refractivity contribution in [2.24, 2.45) is 0 Å². The van der Waals surface area contributed by atoms with Crippen LogP contribution < -0.4 is 5.32 Å². The molecule has 0 spiro atoms. The molecule has 2 rings (SSSR count). The molecule has 3 nitrogen and oxygen atoms in total. The van der Waals surface area contributed by atoms with Crippen LogP contribution in [-0.2, 0) is 13.1 Å². The molecular weight excluding hydrogens is 256 g/mol. The zero-order chi connectivity index (χ0) is 13.7. The molecule has 19 heavy (non-hydrogen) atoms. The van der Waals surface area contributed by atoms with Gasteiger partial charge in [0.1, 0.15) is 5.76 Å². The van der Waals surface area contributed by atoms with E-state index in [4.69, 9.17) is 4.42 Å². The molecule has 1 aliphatic rings. The predicted molar refractivity (Wildman–Crippen MR) is 82.5 cm³/mol. The Labute approximate surface area is 121 Å². The number of rotatable bonds is 6. The average molecular weight is 282 g/mol. The predicted octanol–water partition coefficient (Wildman–Crippen LogP) is 3.11. The quantitative estimate of drug-likeness (QED) is 0.812. The summed E-state index contributed by atoms with van der Waals surface area (Å²) < 4.78 is 5.62. The Morgan fingerprint density at radius 2 is 2.32 bits per heavy atom. The first-order valence-electron chi connectivity index (χ1n) is 7.34. The number of nitrogens with zero attached hydrogens (tertiary/aromatic N) is 1. The average Bonchev–Trinajstić information content (AvgIpc) is 2.83. The minimum atomic E-state index is 0.644. The molecule has 1 aromatic heterocycles. The van der Waals surface area contributed by atoms with Gasteiger partial charge < -0.3 is 9.73 Å². The van der Waals surface area contributed by atoms with Crippen LogP contribution in [0.1, 0.15) is 38.5 Å². The molecular formula is C15H26N2OS. The van der Waals surface area contributed by atoms with Crippen LogP contribution in [0.15, 0.2) is 16.7 Å². The topological polar surface area (TPSA) is 28.4 Å². The zero-order valence-electron chi connectivity index (χ0n) is 12.3. The van der Waals surface area contributed by atoms with Crippen molar-refractivity contribution in [3.63, 3.8) is 0 Å². The van der Waals surface area contributed by atoms with Crippen LogP contribution in [-0.4, -0.2) is 35.0 Å². The summed E-state index contributed by atoms with van der Waals surface area (Å²) in [6.07, 6.45) is 2.99. The van der Waals surface area contributed by atoms with Crippen molar-refractivity contribution >= 4 is 11.8 Å². The lowest BCUT2D eigenvalue weighted by Crippen LogP contribution is -2.44. The van der Waals surface area contributed by atoms with Gasteiger partial charge >= 0.3 is 0 Å². The second-order valence-electron chi connectivity index (χ2n) is 5.33. The molecule has 0 radical (unpaired) electrons. The van der Waals surface area contributed by atoms with Crippen LogP contribution in [0, 0.1) is 0 Å². The summed E-state index contributed by atoms with van der Waals surface area (Å²) in [5.74, 6) is 2.35. The molecule has 1 aromatic rings. The van der Waals surface area contributed by atoms with Crippen LogP contribution >= 0.6 is 11.8 Å². The maximum absolute atomic E-state index is 5.62. The van der Waals surface area contributed by atoms with Gasteiger partial charge in [-0.05, 0) is 26.0 Å².